The number of aliphatic hydroxyl groups is 1. The predicted octanol–water partition coefficient (Wildman–Crippen LogP) is 3.33. The fourth-order valence-corrected chi connectivity index (χ4v) is 5.99. The van der Waals surface area contributed by atoms with Crippen LogP contribution in [0.4, 0.5) is 5.69 Å². The summed E-state index contributed by atoms with van der Waals surface area (Å²) in [5.74, 6) is -2.14. The van der Waals surface area contributed by atoms with Crippen LogP contribution in [0.5, 0.6) is 0 Å². The van der Waals surface area contributed by atoms with Gasteiger partial charge < -0.3 is 19.3 Å². The molecule has 4 aliphatic heterocycles. The van der Waals surface area contributed by atoms with Crippen LogP contribution in [0.3, 0.4) is 0 Å². The fourth-order valence-electron chi connectivity index (χ4n) is 5.99. The van der Waals surface area contributed by atoms with E-state index in [1.165, 1.54) is 24.3 Å². The van der Waals surface area contributed by atoms with Gasteiger partial charge in [-0.1, -0.05) is 13.8 Å². The maximum atomic E-state index is 12.6. The van der Waals surface area contributed by atoms with Gasteiger partial charge in [-0.2, -0.15) is 0 Å². The Hall–Kier alpha value is -2.37. The fraction of sp³-hybridized carbons (Fsp3) is 0.625. The monoisotopic (exact) mass is 475 g/mol. The largest absolute Gasteiger partial charge is 0.432 e. The van der Waals surface area contributed by atoms with Crippen molar-refractivity contribution < 1.29 is 38.8 Å². The molecule has 4 saturated heterocycles. The first kappa shape index (κ1) is 23.4. The average molecular weight is 475 g/mol. The molecule has 1 saturated carbocycles. The lowest BCUT2D eigenvalue weighted by Gasteiger charge is -2.60. The minimum Gasteiger partial charge on any atom is -0.432 e. The van der Waals surface area contributed by atoms with E-state index in [1.807, 2.05) is 13.8 Å². The zero-order valence-corrected chi connectivity index (χ0v) is 19.3. The third-order valence-corrected chi connectivity index (χ3v) is 7.96. The van der Waals surface area contributed by atoms with Gasteiger partial charge >= 0.3 is 5.97 Å². The first-order chi connectivity index (χ1) is 16.1. The second-order valence-electron chi connectivity index (χ2n) is 10.0. The van der Waals surface area contributed by atoms with Crippen LogP contribution in [0.1, 0.15) is 45.6 Å². The van der Waals surface area contributed by atoms with Gasteiger partial charge in [-0.25, -0.2) is 14.6 Å². The van der Waals surface area contributed by atoms with E-state index >= 15 is 0 Å². The van der Waals surface area contributed by atoms with Crippen LogP contribution in [0.25, 0.3) is 6.08 Å². The van der Waals surface area contributed by atoms with Gasteiger partial charge in [-0.05, 0) is 49.5 Å². The third kappa shape index (κ3) is 3.74. The predicted molar refractivity (Wildman–Crippen MR) is 116 cm³/mol. The van der Waals surface area contributed by atoms with E-state index < -0.39 is 41.0 Å². The van der Waals surface area contributed by atoms with Gasteiger partial charge in [0.1, 0.15) is 0 Å². The first-order valence-electron chi connectivity index (χ1n) is 11.6. The number of ether oxygens (including phenoxy) is 3. The summed E-state index contributed by atoms with van der Waals surface area (Å²) in [5, 5.41) is 21.6. The molecule has 5 aliphatic rings. The van der Waals surface area contributed by atoms with E-state index in [9.17, 15) is 20.0 Å². The normalized spacial score (nSPS) is 43.2. The van der Waals surface area contributed by atoms with Gasteiger partial charge in [0, 0.05) is 42.4 Å². The summed E-state index contributed by atoms with van der Waals surface area (Å²) in [5.41, 5.74) is -0.293. The molecule has 1 aromatic rings. The van der Waals surface area contributed by atoms with Gasteiger partial charge in [0.25, 0.3) is 5.69 Å². The highest BCUT2D eigenvalue weighted by Gasteiger charge is 2.71. The summed E-state index contributed by atoms with van der Waals surface area (Å²) in [6, 6.07) is 5.82. The number of non-ortho nitro benzene ring substituents is 1. The van der Waals surface area contributed by atoms with Gasteiger partial charge in [0.15, 0.2) is 11.9 Å². The number of nitro benzene ring substituents is 1. The standard InChI is InChI=1S/C24H29NO9/c1-13-17-10-11-23(3)32-22-24(17,34-33-23)18(12-19(13)26)14(2)21(31-22)30-20(27)9-6-15-4-7-16(8-5-15)25(28)29/h4-9,13-14,17-19,21-22,26H,10-12H2,1-3H3/b9-6+/t13-,14+,17-,18-,19+,21+,22+,23+,24+/m0/s1. The van der Waals surface area contributed by atoms with E-state index in [4.69, 9.17) is 24.0 Å². The summed E-state index contributed by atoms with van der Waals surface area (Å²) in [6.07, 6.45) is 2.37. The lowest BCUT2D eigenvalue weighted by Crippen LogP contribution is -2.72. The van der Waals surface area contributed by atoms with Crippen molar-refractivity contribution in [3.63, 3.8) is 0 Å². The van der Waals surface area contributed by atoms with Crippen molar-refractivity contribution in [1.82, 2.24) is 0 Å². The Balaban J connectivity index is 1.35. The Bertz CT molecular complexity index is 993. The molecular formula is C24H29NO9. The van der Waals surface area contributed by atoms with E-state index in [0.717, 1.165) is 6.42 Å². The molecule has 2 bridgehead atoms. The number of nitrogens with zero attached hydrogens (tertiary/aromatic N) is 1. The van der Waals surface area contributed by atoms with Crippen LogP contribution in [0, 0.1) is 33.8 Å². The molecule has 4 heterocycles. The van der Waals surface area contributed by atoms with Gasteiger partial charge in [0.2, 0.25) is 12.1 Å². The molecule has 0 aromatic heterocycles. The van der Waals surface area contributed by atoms with Crippen molar-refractivity contribution in [2.45, 2.75) is 70.1 Å². The van der Waals surface area contributed by atoms with E-state index in [1.54, 1.807) is 19.1 Å². The molecule has 0 amide bonds. The Morgan fingerprint density at radius 3 is 2.65 bits per heavy atom. The topological polar surface area (TPSA) is 127 Å². The van der Waals surface area contributed by atoms with Crippen molar-refractivity contribution in [1.29, 1.82) is 0 Å². The maximum Gasteiger partial charge on any atom is 0.333 e. The molecular weight excluding hydrogens is 446 g/mol. The van der Waals surface area contributed by atoms with Crippen LogP contribution in [-0.4, -0.2) is 46.1 Å². The second-order valence-corrected chi connectivity index (χ2v) is 10.0. The molecule has 184 valence electrons. The Morgan fingerprint density at radius 2 is 1.94 bits per heavy atom. The van der Waals surface area contributed by atoms with E-state index in [-0.39, 0.29) is 29.4 Å². The summed E-state index contributed by atoms with van der Waals surface area (Å²) in [7, 11) is 0. The number of esters is 1. The Kier molecular flexibility index (Phi) is 5.77. The summed E-state index contributed by atoms with van der Waals surface area (Å²) < 4.78 is 18.1. The molecule has 6 rings (SSSR count). The number of nitro groups is 1. The van der Waals surface area contributed by atoms with Crippen molar-refractivity contribution in [2.24, 2.45) is 23.7 Å². The van der Waals surface area contributed by atoms with Gasteiger partial charge in [-0.15, -0.1) is 0 Å². The third-order valence-electron chi connectivity index (χ3n) is 7.96. The lowest BCUT2D eigenvalue weighted by molar-refractivity contribution is -0.577. The number of fused-ring (bicyclic) bond motifs is 2. The lowest BCUT2D eigenvalue weighted by atomic mass is 9.57. The number of hydrogen-bond acceptors (Lipinski definition) is 9. The first-order valence-corrected chi connectivity index (χ1v) is 11.6. The summed E-state index contributed by atoms with van der Waals surface area (Å²) >= 11 is 0. The highest BCUT2D eigenvalue weighted by Crippen LogP contribution is 2.60. The minimum atomic E-state index is -0.979. The zero-order valence-electron chi connectivity index (χ0n) is 19.3. The molecule has 10 nitrogen and oxygen atoms in total. The Labute approximate surface area is 196 Å². The number of benzene rings is 1. The molecule has 5 fully saturated rings. The van der Waals surface area contributed by atoms with E-state index in [0.29, 0.717) is 18.4 Å². The molecule has 10 heteroatoms. The van der Waals surface area contributed by atoms with Crippen LogP contribution in [0.15, 0.2) is 30.3 Å². The van der Waals surface area contributed by atoms with Crippen molar-refractivity contribution in [3.8, 4) is 0 Å². The highest BCUT2D eigenvalue weighted by molar-refractivity contribution is 5.87. The van der Waals surface area contributed by atoms with Crippen LogP contribution in [-0.2, 0) is 28.8 Å². The van der Waals surface area contributed by atoms with Crippen LogP contribution in [0.2, 0.25) is 0 Å². The minimum absolute atomic E-state index is 0.0223. The van der Waals surface area contributed by atoms with Crippen molar-refractivity contribution in [3.05, 3.63) is 46.0 Å². The molecule has 1 aliphatic carbocycles. The molecule has 1 aromatic carbocycles. The summed E-state index contributed by atoms with van der Waals surface area (Å²) in [6.45, 7) is 5.72. The smallest absolute Gasteiger partial charge is 0.333 e. The van der Waals surface area contributed by atoms with Gasteiger partial charge in [-0.3, -0.25) is 10.1 Å². The molecule has 1 spiro atoms. The average Bonchev–Trinajstić information content (AvgIpc) is 3.03. The van der Waals surface area contributed by atoms with Crippen molar-refractivity contribution >= 4 is 17.7 Å². The number of carbonyl (C=O) groups is 1. The molecule has 0 radical (unpaired) electrons. The number of carbonyl (C=O) groups excluding carboxylic acids is 1. The molecule has 9 atom stereocenters. The summed E-state index contributed by atoms with van der Waals surface area (Å²) in [4.78, 5) is 34.7. The Morgan fingerprint density at radius 1 is 1.21 bits per heavy atom. The molecule has 0 unspecified atom stereocenters. The molecule has 1 N–H and O–H groups in total. The van der Waals surface area contributed by atoms with Crippen LogP contribution < -0.4 is 0 Å². The number of rotatable bonds is 4. The van der Waals surface area contributed by atoms with Gasteiger partial charge in [0.05, 0.1) is 11.0 Å². The number of hydrogen-bond donors (Lipinski definition) is 1. The zero-order chi connectivity index (χ0) is 24.3. The van der Waals surface area contributed by atoms with E-state index in [2.05, 4.69) is 0 Å². The maximum absolute atomic E-state index is 12.6. The second kappa shape index (κ2) is 8.39. The SMILES string of the molecule is C[C@@H]1[C@H](O)C[C@H]2[C@@H](C)[C@H](OC(=O)/C=C/c3ccc([N+](=O)[O-])cc3)O[C@@H]3O[C@@]4(C)CC[C@@H]1[C@]32OO4. The van der Waals surface area contributed by atoms with Crippen LogP contribution >= 0.6 is 0 Å². The quantitative estimate of drug-likeness (QED) is 0.229. The number of aliphatic hydroxyl groups excluding tert-OH is 1. The van der Waals surface area contributed by atoms with Crippen molar-refractivity contribution in [2.75, 3.05) is 0 Å². The highest BCUT2D eigenvalue weighted by atomic mass is 17.3. The molecule has 34 heavy (non-hydrogen) atoms.